The highest BCUT2D eigenvalue weighted by Crippen LogP contribution is 2.07. The maximum Gasteiger partial charge on any atom is 0.371 e. The van der Waals surface area contributed by atoms with Crippen molar-refractivity contribution in [2.45, 2.75) is 19.5 Å². The predicted octanol–water partition coefficient (Wildman–Crippen LogP) is 1.09. The number of hydrogen-bond acceptors (Lipinski definition) is 3. The van der Waals surface area contributed by atoms with Crippen molar-refractivity contribution in [2.24, 2.45) is 0 Å². The largest absolute Gasteiger partial charge is 0.475 e. The molecule has 0 saturated heterocycles. The molecule has 1 aromatic rings. The van der Waals surface area contributed by atoms with Crippen LogP contribution in [-0.2, 0) is 6.54 Å². The molecular weight excluding hydrogens is 182 g/mol. The van der Waals surface area contributed by atoms with Crippen LogP contribution in [0.15, 0.2) is 16.5 Å². The Hall–Kier alpha value is -1.73. The molecule has 1 aromatic heterocycles. The van der Waals surface area contributed by atoms with E-state index in [9.17, 15) is 4.79 Å². The minimum absolute atomic E-state index is 0.0600. The summed E-state index contributed by atoms with van der Waals surface area (Å²) in [5, 5.41) is 11.6. The first-order valence-corrected chi connectivity index (χ1v) is 4.15. The summed E-state index contributed by atoms with van der Waals surface area (Å²) in [5.74, 6) is 1.93. The molecule has 0 aliphatic rings. The predicted molar refractivity (Wildman–Crippen MR) is 50.8 cm³/mol. The molecule has 0 saturated carbocycles. The van der Waals surface area contributed by atoms with Crippen molar-refractivity contribution in [1.29, 1.82) is 0 Å². The Bertz CT molecular complexity index is 362. The molecule has 1 atom stereocenters. The normalized spacial score (nSPS) is 12.0. The van der Waals surface area contributed by atoms with Gasteiger partial charge in [-0.3, -0.25) is 5.32 Å². The number of furan rings is 1. The Morgan fingerprint density at radius 3 is 3.00 bits per heavy atom. The van der Waals surface area contributed by atoms with Crippen LogP contribution in [0.25, 0.3) is 0 Å². The van der Waals surface area contributed by atoms with E-state index in [0.29, 0.717) is 12.3 Å². The molecule has 74 valence electrons. The van der Waals surface area contributed by atoms with Gasteiger partial charge in [0.15, 0.2) is 0 Å². The molecular formula is C10H11NO3. The highest BCUT2D eigenvalue weighted by molar-refractivity contribution is 5.84. The number of rotatable bonds is 4. The van der Waals surface area contributed by atoms with Crippen molar-refractivity contribution in [3.05, 3.63) is 23.7 Å². The van der Waals surface area contributed by atoms with Crippen molar-refractivity contribution in [2.75, 3.05) is 0 Å². The van der Waals surface area contributed by atoms with Gasteiger partial charge in [0.05, 0.1) is 12.6 Å². The molecule has 2 N–H and O–H groups in total. The Balaban J connectivity index is 2.53. The monoisotopic (exact) mass is 193 g/mol. The molecule has 0 radical (unpaired) electrons. The Morgan fingerprint density at radius 1 is 1.79 bits per heavy atom. The number of terminal acetylenes is 1. The zero-order valence-corrected chi connectivity index (χ0v) is 7.78. The lowest BCUT2D eigenvalue weighted by molar-refractivity contribution is 0.0660. The number of carbonyl (C=O) groups is 1. The van der Waals surface area contributed by atoms with E-state index < -0.39 is 5.97 Å². The zero-order chi connectivity index (χ0) is 10.6. The third kappa shape index (κ3) is 2.64. The molecule has 1 unspecified atom stereocenters. The van der Waals surface area contributed by atoms with Gasteiger partial charge in [-0.05, 0) is 19.1 Å². The summed E-state index contributed by atoms with van der Waals surface area (Å²) in [4.78, 5) is 10.5. The van der Waals surface area contributed by atoms with Crippen LogP contribution >= 0.6 is 0 Å². The zero-order valence-electron chi connectivity index (χ0n) is 7.78. The van der Waals surface area contributed by atoms with E-state index in [2.05, 4.69) is 11.2 Å². The molecule has 0 amide bonds. The summed E-state index contributed by atoms with van der Waals surface area (Å²) in [6.45, 7) is 2.26. The molecule has 0 aliphatic carbocycles. The van der Waals surface area contributed by atoms with Gasteiger partial charge in [0.25, 0.3) is 0 Å². The van der Waals surface area contributed by atoms with E-state index >= 15 is 0 Å². The minimum Gasteiger partial charge on any atom is -0.475 e. The molecule has 14 heavy (non-hydrogen) atoms. The van der Waals surface area contributed by atoms with E-state index in [1.165, 1.54) is 6.07 Å². The van der Waals surface area contributed by atoms with E-state index in [1.807, 2.05) is 6.92 Å². The van der Waals surface area contributed by atoms with Gasteiger partial charge >= 0.3 is 5.97 Å². The average molecular weight is 193 g/mol. The van der Waals surface area contributed by atoms with E-state index in [0.717, 1.165) is 0 Å². The van der Waals surface area contributed by atoms with Gasteiger partial charge in [0.2, 0.25) is 5.76 Å². The maximum absolute atomic E-state index is 10.5. The fraction of sp³-hybridized carbons (Fsp3) is 0.300. The van der Waals surface area contributed by atoms with Gasteiger partial charge in [0.1, 0.15) is 5.76 Å². The fourth-order valence-corrected chi connectivity index (χ4v) is 0.900. The lowest BCUT2D eigenvalue weighted by Gasteiger charge is -2.03. The number of hydrogen-bond donors (Lipinski definition) is 2. The van der Waals surface area contributed by atoms with Crippen molar-refractivity contribution in [3.63, 3.8) is 0 Å². The Kier molecular flexibility index (Phi) is 3.32. The van der Waals surface area contributed by atoms with Gasteiger partial charge in [-0.15, -0.1) is 6.42 Å². The summed E-state index contributed by atoms with van der Waals surface area (Å²) in [6, 6.07) is 2.97. The molecule has 4 nitrogen and oxygen atoms in total. The summed E-state index contributed by atoms with van der Waals surface area (Å²) in [5.41, 5.74) is 0. The minimum atomic E-state index is -1.07. The molecule has 0 bridgehead atoms. The molecule has 1 rings (SSSR count). The van der Waals surface area contributed by atoms with Crippen molar-refractivity contribution in [3.8, 4) is 12.3 Å². The van der Waals surface area contributed by atoms with Crippen LogP contribution in [0.4, 0.5) is 0 Å². The van der Waals surface area contributed by atoms with Crippen molar-refractivity contribution in [1.82, 2.24) is 5.32 Å². The van der Waals surface area contributed by atoms with Crippen LogP contribution < -0.4 is 5.32 Å². The van der Waals surface area contributed by atoms with E-state index in [-0.39, 0.29) is 11.8 Å². The summed E-state index contributed by atoms with van der Waals surface area (Å²) in [7, 11) is 0. The first kappa shape index (κ1) is 10.4. The van der Waals surface area contributed by atoms with Gasteiger partial charge in [-0.1, -0.05) is 5.92 Å². The molecule has 1 heterocycles. The SMILES string of the molecule is C#CC(C)NCc1ccc(C(=O)O)o1. The number of aromatic carboxylic acids is 1. The van der Waals surface area contributed by atoms with Gasteiger partial charge in [-0.25, -0.2) is 4.79 Å². The number of carboxylic acid groups (broad SMARTS) is 1. The average Bonchev–Trinajstić information content (AvgIpc) is 2.62. The van der Waals surface area contributed by atoms with Crippen LogP contribution in [0.3, 0.4) is 0 Å². The second-order valence-electron chi connectivity index (χ2n) is 2.84. The van der Waals surface area contributed by atoms with Gasteiger partial charge < -0.3 is 9.52 Å². The summed E-state index contributed by atoms with van der Waals surface area (Å²) in [6.07, 6.45) is 5.15. The Labute approximate surface area is 81.9 Å². The molecule has 0 spiro atoms. The molecule has 4 heteroatoms. The van der Waals surface area contributed by atoms with Crippen LogP contribution in [-0.4, -0.2) is 17.1 Å². The van der Waals surface area contributed by atoms with Crippen molar-refractivity contribution < 1.29 is 14.3 Å². The molecule has 0 fully saturated rings. The first-order chi connectivity index (χ1) is 6.63. The molecule has 0 aliphatic heterocycles. The van der Waals surface area contributed by atoms with Crippen LogP contribution in [0, 0.1) is 12.3 Å². The van der Waals surface area contributed by atoms with Crippen LogP contribution in [0.1, 0.15) is 23.2 Å². The number of nitrogens with one attached hydrogen (secondary N) is 1. The highest BCUT2D eigenvalue weighted by Gasteiger charge is 2.08. The second-order valence-corrected chi connectivity index (χ2v) is 2.84. The van der Waals surface area contributed by atoms with Crippen LogP contribution in [0.2, 0.25) is 0 Å². The van der Waals surface area contributed by atoms with E-state index in [4.69, 9.17) is 15.9 Å². The van der Waals surface area contributed by atoms with E-state index in [1.54, 1.807) is 6.07 Å². The number of carboxylic acids is 1. The third-order valence-corrected chi connectivity index (χ3v) is 1.70. The third-order valence-electron chi connectivity index (χ3n) is 1.70. The second kappa shape index (κ2) is 4.49. The lowest BCUT2D eigenvalue weighted by Crippen LogP contribution is -2.23. The Morgan fingerprint density at radius 2 is 2.50 bits per heavy atom. The van der Waals surface area contributed by atoms with Crippen LogP contribution in [0.5, 0.6) is 0 Å². The molecule has 0 aromatic carbocycles. The quantitative estimate of drug-likeness (QED) is 0.702. The highest BCUT2D eigenvalue weighted by atomic mass is 16.4. The smallest absolute Gasteiger partial charge is 0.371 e. The maximum atomic E-state index is 10.5. The first-order valence-electron chi connectivity index (χ1n) is 4.15. The van der Waals surface area contributed by atoms with Crippen molar-refractivity contribution >= 4 is 5.97 Å². The fourth-order valence-electron chi connectivity index (χ4n) is 0.900. The lowest BCUT2D eigenvalue weighted by atomic mass is 10.3. The standard InChI is InChI=1S/C10H11NO3/c1-3-7(2)11-6-8-4-5-9(14-8)10(12)13/h1,4-5,7,11H,6H2,2H3,(H,12,13). The van der Waals surface area contributed by atoms with Gasteiger partial charge in [0, 0.05) is 0 Å². The van der Waals surface area contributed by atoms with Gasteiger partial charge in [-0.2, -0.15) is 0 Å². The summed E-state index contributed by atoms with van der Waals surface area (Å²) >= 11 is 0. The topological polar surface area (TPSA) is 62.5 Å². The summed E-state index contributed by atoms with van der Waals surface area (Å²) < 4.78 is 5.01.